The van der Waals surface area contributed by atoms with Crippen LogP contribution in [0, 0.1) is 0 Å². The summed E-state index contributed by atoms with van der Waals surface area (Å²) < 4.78 is 11.1. The van der Waals surface area contributed by atoms with Gasteiger partial charge in [-0.1, -0.05) is 206 Å². The largest absolute Gasteiger partial charge is 0.457 e. The highest BCUT2D eigenvalue weighted by molar-refractivity contribution is 5.69. The van der Waals surface area contributed by atoms with Crippen molar-refractivity contribution in [3.63, 3.8) is 0 Å². The first kappa shape index (κ1) is 43.4. The Morgan fingerprint density at radius 1 is 0.455 bits per heavy atom. The van der Waals surface area contributed by atoms with Crippen molar-refractivity contribution in [2.75, 3.05) is 19.8 Å². The van der Waals surface area contributed by atoms with Gasteiger partial charge in [-0.15, -0.1) is 0 Å². The van der Waals surface area contributed by atoms with Crippen LogP contribution in [-0.4, -0.2) is 37.0 Å². The van der Waals surface area contributed by atoms with E-state index in [1.54, 1.807) is 0 Å². The molecule has 0 bridgehead atoms. The van der Waals surface area contributed by atoms with Crippen molar-refractivity contribution in [3.05, 3.63) is 0 Å². The fourth-order valence-corrected chi connectivity index (χ4v) is 6.15. The topological polar surface area (TPSA) is 55.8 Å². The molecular formula is C40H80O4. The zero-order valence-electron chi connectivity index (χ0n) is 30.2. The number of aliphatic hydroxyl groups excluding tert-OH is 1. The smallest absolute Gasteiger partial charge is 0.306 e. The molecule has 0 aromatic heterocycles. The molecule has 0 spiro atoms. The molecule has 1 unspecified atom stereocenters. The number of hydrogen-bond acceptors (Lipinski definition) is 4. The summed E-state index contributed by atoms with van der Waals surface area (Å²) in [6.45, 7) is 5.39. The van der Waals surface area contributed by atoms with E-state index in [0.717, 1.165) is 19.3 Å². The number of carbonyl (C=O) groups is 1. The van der Waals surface area contributed by atoms with Crippen LogP contribution in [0.2, 0.25) is 0 Å². The van der Waals surface area contributed by atoms with Gasteiger partial charge in [-0.25, -0.2) is 0 Å². The highest BCUT2D eigenvalue weighted by atomic mass is 16.6. The summed E-state index contributed by atoms with van der Waals surface area (Å²) in [5.74, 6) is -0.195. The Morgan fingerprint density at radius 2 is 0.750 bits per heavy atom. The van der Waals surface area contributed by atoms with Crippen molar-refractivity contribution in [2.45, 2.75) is 232 Å². The predicted octanol–water partition coefficient (Wildman–Crippen LogP) is 12.8. The van der Waals surface area contributed by atoms with E-state index in [0.29, 0.717) is 19.6 Å². The van der Waals surface area contributed by atoms with E-state index in [1.807, 2.05) is 0 Å². The van der Waals surface area contributed by atoms with Gasteiger partial charge < -0.3 is 14.6 Å². The Balaban J connectivity index is 3.35. The van der Waals surface area contributed by atoms with E-state index in [-0.39, 0.29) is 12.6 Å². The van der Waals surface area contributed by atoms with Crippen LogP contribution in [0.5, 0.6) is 0 Å². The molecule has 0 aliphatic carbocycles. The highest BCUT2D eigenvalue weighted by Gasteiger charge is 2.13. The predicted molar refractivity (Wildman–Crippen MR) is 191 cm³/mol. The summed E-state index contributed by atoms with van der Waals surface area (Å²) in [5.41, 5.74) is 0. The lowest BCUT2D eigenvalue weighted by atomic mass is 10.0. The van der Waals surface area contributed by atoms with Crippen molar-refractivity contribution < 1.29 is 19.4 Å². The summed E-state index contributed by atoms with van der Waals surface area (Å²) in [6, 6.07) is 0. The van der Waals surface area contributed by atoms with Crippen molar-refractivity contribution in [1.29, 1.82) is 0 Å². The van der Waals surface area contributed by atoms with Crippen molar-refractivity contribution >= 4 is 5.97 Å². The SMILES string of the molecule is CCCCCCCCCCCCCCCCCCCCCOCC(CO)OC(=O)CCCCCCCCCCCCCCC. The quantitative estimate of drug-likeness (QED) is 0.0548. The minimum absolute atomic E-state index is 0.163. The summed E-state index contributed by atoms with van der Waals surface area (Å²) in [5, 5.41) is 9.57. The molecule has 0 saturated heterocycles. The molecule has 0 aromatic rings. The monoisotopic (exact) mass is 625 g/mol. The summed E-state index contributed by atoms with van der Waals surface area (Å²) in [7, 11) is 0. The normalized spacial score (nSPS) is 12.2. The lowest BCUT2D eigenvalue weighted by Gasteiger charge is -2.16. The zero-order chi connectivity index (χ0) is 32.0. The average Bonchev–Trinajstić information content (AvgIpc) is 3.03. The maximum absolute atomic E-state index is 12.1. The molecule has 0 radical (unpaired) electrons. The van der Waals surface area contributed by atoms with Gasteiger partial charge in [0.1, 0.15) is 6.10 Å². The van der Waals surface area contributed by atoms with Crippen LogP contribution in [0.25, 0.3) is 0 Å². The van der Waals surface area contributed by atoms with Crippen LogP contribution in [0.15, 0.2) is 0 Å². The van der Waals surface area contributed by atoms with Crippen LogP contribution in [-0.2, 0) is 14.3 Å². The lowest BCUT2D eigenvalue weighted by molar-refractivity contribution is -0.154. The Hall–Kier alpha value is -0.610. The van der Waals surface area contributed by atoms with E-state index in [1.165, 1.54) is 186 Å². The van der Waals surface area contributed by atoms with Gasteiger partial charge >= 0.3 is 5.97 Å². The molecule has 0 aliphatic heterocycles. The molecule has 264 valence electrons. The molecule has 4 nitrogen and oxygen atoms in total. The van der Waals surface area contributed by atoms with Gasteiger partial charge in [0, 0.05) is 13.0 Å². The molecule has 0 rings (SSSR count). The van der Waals surface area contributed by atoms with E-state index in [2.05, 4.69) is 13.8 Å². The average molecular weight is 625 g/mol. The maximum Gasteiger partial charge on any atom is 0.306 e. The van der Waals surface area contributed by atoms with Crippen LogP contribution < -0.4 is 0 Å². The molecule has 0 aliphatic rings. The second kappa shape index (κ2) is 38.6. The van der Waals surface area contributed by atoms with Gasteiger partial charge in [0.25, 0.3) is 0 Å². The van der Waals surface area contributed by atoms with Crippen LogP contribution in [0.4, 0.5) is 0 Å². The molecule has 4 heteroatoms. The number of hydrogen-bond donors (Lipinski definition) is 1. The highest BCUT2D eigenvalue weighted by Crippen LogP contribution is 2.16. The summed E-state index contributed by atoms with van der Waals surface area (Å²) in [6.07, 6.45) is 43.0. The summed E-state index contributed by atoms with van der Waals surface area (Å²) >= 11 is 0. The summed E-state index contributed by atoms with van der Waals surface area (Å²) in [4.78, 5) is 12.1. The molecule has 44 heavy (non-hydrogen) atoms. The third-order valence-electron chi connectivity index (χ3n) is 9.18. The molecular weight excluding hydrogens is 544 g/mol. The Bertz CT molecular complexity index is 537. The van der Waals surface area contributed by atoms with Gasteiger partial charge in [-0.3, -0.25) is 4.79 Å². The molecule has 1 atom stereocenters. The van der Waals surface area contributed by atoms with Gasteiger partial charge in [-0.2, -0.15) is 0 Å². The number of unbranched alkanes of at least 4 members (excludes halogenated alkanes) is 30. The third-order valence-corrected chi connectivity index (χ3v) is 9.18. The van der Waals surface area contributed by atoms with Gasteiger partial charge in [0.05, 0.1) is 13.2 Å². The second-order valence-electron chi connectivity index (χ2n) is 13.7. The molecule has 0 saturated carbocycles. The van der Waals surface area contributed by atoms with E-state index >= 15 is 0 Å². The first-order valence-electron chi connectivity index (χ1n) is 20.1. The lowest BCUT2D eigenvalue weighted by Crippen LogP contribution is -2.27. The molecule has 1 N–H and O–H groups in total. The maximum atomic E-state index is 12.1. The van der Waals surface area contributed by atoms with Crippen LogP contribution in [0.3, 0.4) is 0 Å². The van der Waals surface area contributed by atoms with Crippen molar-refractivity contribution in [3.8, 4) is 0 Å². The molecule has 0 heterocycles. The van der Waals surface area contributed by atoms with Crippen LogP contribution in [0.1, 0.15) is 226 Å². The first-order chi connectivity index (χ1) is 21.7. The van der Waals surface area contributed by atoms with E-state index in [9.17, 15) is 9.90 Å². The number of aliphatic hydroxyl groups is 1. The van der Waals surface area contributed by atoms with E-state index < -0.39 is 6.10 Å². The Kier molecular flexibility index (Phi) is 38.0. The van der Waals surface area contributed by atoms with Crippen molar-refractivity contribution in [2.24, 2.45) is 0 Å². The molecule has 0 fully saturated rings. The molecule has 0 aromatic carbocycles. The van der Waals surface area contributed by atoms with Crippen molar-refractivity contribution in [1.82, 2.24) is 0 Å². The number of esters is 1. The molecule has 0 amide bonds. The van der Waals surface area contributed by atoms with Gasteiger partial charge in [-0.05, 0) is 12.8 Å². The van der Waals surface area contributed by atoms with Gasteiger partial charge in [0.15, 0.2) is 0 Å². The fraction of sp³-hybridized carbons (Fsp3) is 0.975. The number of ether oxygens (including phenoxy) is 2. The third kappa shape index (κ3) is 35.9. The Morgan fingerprint density at radius 3 is 1.07 bits per heavy atom. The number of rotatable bonds is 38. The zero-order valence-corrected chi connectivity index (χ0v) is 30.2. The minimum Gasteiger partial charge on any atom is -0.457 e. The first-order valence-corrected chi connectivity index (χ1v) is 20.1. The second-order valence-corrected chi connectivity index (χ2v) is 13.7. The standard InChI is InChI=1S/C40H80O4/c1-3-5-7-9-11-13-15-17-18-19-20-21-22-24-26-28-30-32-34-36-43-38-39(37-41)44-40(42)35-33-31-29-27-25-23-16-14-12-10-8-6-4-2/h39,41H,3-38H2,1-2H3. The van der Waals surface area contributed by atoms with E-state index in [4.69, 9.17) is 9.47 Å². The van der Waals surface area contributed by atoms with Gasteiger partial charge in [0.2, 0.25) is 0 Å². The fourth-order valence-electron chi connectivity index (χ4n) is 6.15. The van der Waals surface area contributed by atoms with Crippen LogP contribution >= 0.6 is 0 Å². The minimum atomic E-state index is -0.523. The Labute approximate surface area is 276 Å². The number of carbonyl (C=O) groups excluding carboxylic acids is 1.